The van der Waals surface area contributed by atoms with Gasteiger partial charge in [0.15, 0.2) is 0 Å². The zero-order valence-electron chi connectivity index (χ0n) is 26.8. The molecule has 0 aliphatic rings. The van der Waals surface area contributed by atoms with Crippen molar-refractivity contribution in [3.8, 4) is 23.0 Å². The highest BCUT2D eigenvalue weighted by Gasteiger charge is 2.13. The Kier molecular flexibility index (Phi) is 11.4. The number of benzene rings is 6. The third-order valence-electron chi connectivity index (χ3n) is 7.25. The van der Waals surface area contributed by atoms with Gasteiger partial charge in [-0.3, -0.25) is 20.2 Å². The summed E-state index contributed by atoms with van der Waals surface area (Å²) in [4.78, 5) is 20.5. The minimum absolute atomic E-state index is 0.0728. The van der Waals surface area contributed by atoms with E-state index in [1.54, 1.807) is 0 Å². The molecule has 0 saturated heterocycles. The van der Waals surface area contributed by atoms with Gasteiger partial charge in [0.25, 0.3) is 11.4 Å². The van der Waals surface area contributed by atoms with Crippen molar-refractivity contribution >= 4 is 34.1 Å². The van der Waals surface area contributed by atoms with Crippen LogP contribution in [0.4, 0.5) is 34.1 Å². The molecule has 0 unspecified atom stereocenters. The van der Waals surface area contributed by atoms with Crippen LogP contribution in [0, 0.1) is 20.2 Å². The molecule has 12 nitrogen and oxygen atoms in total. The maximum Gasteiger partial charge on any atom is 0.292 e. The molecule has 252 valence electrons. The highest BCUT2D eigenvalue weighted by molar-refractivity contribution is 5.62. The second-order valence-electron chi connectivity index (χ2n) is 10.9. The summed E-state index contributed by atoms with van der Waals surface area (Å²) in [5.74, 6) is 2.15. The zero-order valence-corrected chi connectivity index (χ0v) is 26.8. The van der Waals surface area contributed by atoms with Gasteiger partial charge in [0.1, 0.15) is 34.4 Å². The van der Waals surface area contributed by atoms with Gasteiger partial charge in [0.05, 0.1) is 9.85 Å². The highest BCUT2D eigenvalue weighted by Crippen LogP contribution is 2.31. The van der Waals surface area contributed by atoms with E-state index in [0.717, 1.165) is 24.5 Å². The summed E-state index contributed by atoms with van der Waals surface area (Å²) in [6.07, 6.45) is 0. The first kappa shape index (κ1) is 34.3. The number of nitro groups is 2. The number of nitrogens with one attached hydrogen (secondary N) is 2. The molecule has 0 radical (unpaired) electrons. The fraction of sp³-hybridized carbons (Fsp3) is 0.0526. The molecule has 50 heavy (non-hydrogen) atoms. The summed E-state index contributed by atoms with van der Waals surface area (Å²) in [6, 6.07) is 43.8. The van der Waals surface area contributed by atoms with Gasteiger partial charge < -0.3 is 31.6 Å². The van der Waals surface area contributed by atoms with Gasteiger partial charge in [-0.1, -0.05) is 60.7 Å². The van der Waals surface area contributed by atoms with Crippen LogP contribution in [0.3, 0.4) is 0 Å². The molecular formula is C38H34N6O6. The van der Waals surface area contributed by atoms with Crippen molar-refractivity contribution in [2.75, 3.05) is 22.1 Å². The van der Waals surface area contributed by atoms with Crippen LogP contribution in [0.2, 0.25) is 0 Å². The number of hydrogen-bond acceptors (Lipinski definition) is 10. The molecule has 0 fully saturated rings. The van der Waals surface area contributed by atoms with Crippen molar-refractivity contribution in [1.82, 2.24) is 0 Å². The molecule has 0 amide bonds. The number of nitrogens with zero attached hydrogens (tertiary/aromatic N) is 2. The largest absolute Gasteiger partial charge is 0.457 e. The summed E-state index contributed by atoms with van der Waals surface area (Å²) in [6.45, 7) is 1.47. The predicted octanol–water partition coefficient (Wildman–Crippen LogP) is 9.16. The maximum atomic E-state index is 10.8. The summed E-state index contributed by atoms with van der Waals surface area (Å²) >= 11 is 0. The molecular weight excluding hydrogens is 636 g/mol. The third kappa shape index (κ3) is 9.96. The van der Waals surface area contributed by atoms with E-state index in [4.69, 9.17) is 20.9 Å². The van der Waals surface area contributed by atoms with E-state index in [9.17, 15) is 20.2 Å². The monoisotopic (exact) mass is 670 g/mol. The Morgan fingerprint density at radius 2 is 0.820 bits per heavy atom. The predicted molar refractivity (Wildman–Crippen MR) is 196 cm³/mol. The van der Waals surface area contributed by atoms with E-state index in [0.29, 0.717) is 23.0 Å². The van der Waals surface area contributed by atoms with Crippen LogP contribution in [0.1, 0.15) is 11.1 Å². The topological polar surface area (TPSA) is 181 Å². The van der Waals surface area contributed by atoms with Crippen LogP contribution >= 0.6 is 0 Å². The van der Waals surface area contributed by atoms with Gasteiger partial charge >= 0.3 is 0 Å². The Hall–Kier alpha value is -7.08. The van der Waals surface area contributed by atoms with Crippen LogP contribution < -0.4 is 31.6 Å². The SMILES string of the molecule is Nc1cc(Oc2ccc(NCc3ccccc3)cc2)ccc1[N+](=O)[O-].Nc1cc(Oc2ccc(NCc3ccccc3)cc2)ccc1[N+](=O)[O-]. The summed E-state index contributed by atoms with van der Waals surface area (Å²) in [5.41, 5.74) is 15.5. The van der Waals surface area contributed by atoms with Crippen molar-refractivity contribution in [3.05, 3.63) is 177 Å². The number of hydrogen-bond donors (Lipinski definition) is 4. The fourth-order valence-corrected chi connectivity index (χ4v) is 4.68. The Morgan fingerprint density at radius 3 is 1.14 bits per heavy atom. The van der Waals surface area contributed by atoms with E-state index >= 15 is 0 Å². The average molecular weight is 671 g/mol. The van der Waals surface area contributed by atoms with Crippen molar-refractivity contribution in [2.24, 2.45) is 0 Å². The molecule has 0 spiro atoms. The molecule has 6 rings (SSSR count). The first-order valence-electron chi connectivity index (χ1n) is 15.4. The number of anilines is 4. The molecule has 0 bridgehead atoms. The van der Waals surface area contributed by atoms with Crippen molar-refractivity contribution < 1.29 is 19.3 Å². The number of ether oxygens (including phenoxy) is 2. The second kappa shape index (κ2) is 16.7. The van der Waals surface area contributed by atoms with Gasteiger partial charge in [-0.05, 0) is 71.8 Å². The third-order valence-corrected chi connectivity index (χ3v) is 7.25. The zero-order chi connectivity index (χ0) is 35.3. The van der Waals surface area contributed by atoms with Crippen LogP contribution in [-0.4, -0.2) is 9.85 Å². The number of nitrogen functional groups attached to an aromatic ring is 2. The molecule has 0 aromatic heterocycles. The Balaban J connectivity index is 0.000000194. The highest BCUT2D eigenvalue weighted by atomic mass is 16.6. The molecule has 0 aliphatic heterocycles. The lowest BCUT2D eigenvalue weighted by Gasteiger charge is -2.09. The van der Waals surface area contributed by atoms with Gasteiger partial charge in [-0.2, -0.15) is 0 Å². The van der Waals surface area contributed by atoms with E-state index in [2.05, 4.69) is 34.9 Å². The average Bonchev–Trinajstić information content (AvgIpc) is 3.12. The molecule has 6 N–H and O–H groups in total. The minimum atomic E-state index is -0.522. The first-order chi connectivity index (χ1) is 24.2. The molecule has 12 heteroatoms. The maximum absolute atomic E-state index is 10.8. The number of nitrogens with two attached hydrogens (primary N) is 2. The van der Waals surface area contributed by atoms with E-state index < -0.39 is 9.85 Å². The molecule has 0 saturated carbocycles. The smallest absolute Gasteiger partial charge is 0.292 e. The van der Waals surface area contributed by atoms with Crippen molar-refractivity contribution in [1.29, 1.82) is 0 Å². The van der Waals surface area contributed by atoms with Crippen LogP contribution in [0.15, 0.2) is 146 Å². The lowest BCUT2D eigenvalue weighted by atomic mass is 10.2. The Morgan fingerprint density at radius 1 is 0.480 bits per heavy atom. The van der Waals surface area contributed by atoms with Gasteiger partial charge in [0.2, 0.25) is 0 Å². The van der Waals surface area contributed by atoms with Crippen LogP contribution in [0.5, 0.6) is 23.0 Å². The molecule has 0 atom stereocenters. The van der Waals surface area contributed by atoms with E-state index in [-0.39, 0.29) is 22.7 Å². The van der Waals surface area contributed by atoms with Gasteiger partial charge in [0, 0.05) is 48.7 Å². The minimum Gasteiger partial charge on any atom is -0.457 e. The quantitative estimate of drug-likeness (QED) is 0.0557. The second-order valence-corrected chi connectivity index (χ2v) is 10.9. The molecule has 6 aromatic carbocycles. The van der Waals surface area contributed by atoms with E-state index in [1.807, 2.05) is 84.9 Å². The summed E-state index contributed by atoms with van der Waals surface area (Å²) in [7, 11) is 0. The van der Waals surface area contributed by atoms with Crippen LogP contribution in [-0.2, 0) is 13.1 Å². The lowest BCUT2D eigenvalue weighted by Crippen LogP contribution is -1.98. The van der Waals surface area contributed by atoms with Crippen molar-refractivity contribution in [3.63, 3.8) is 0 Å². The summed E-state index contributed by atoms with van der Waals surface area (Å²) < 4.78 is 11.4. The number of nitro benzene ring substituents is 2. The molecule has 0 aliphatic carbocycles. The normalized spacial score (nSPS) is 10.2. The number of rotatable bonds is 12. The Labute approximate surface area is 288 Å². The van der Waals surface area contributed by atoms with Crippen molar-refractivity contribution in [2.45, 2.75) is 13.1 Å². The summed E-state index contributed by atoms with van der Waals surface area (Å²) in [5, 5.41) is 28.2. The Bertz CT molecular complexity index is 1880. The van der Waals surface area contributed by atoms with E-state index in [1.165, 1.54) is 47.5 Å². The van der Waals surface area contributed by atoms with Crippen LogP contribution in [0.25, 0.3) is 0 Å². The standard InChI is InChI=1S/2C19H17N3O3/c2*20-18-12-17(10-11-19(18)22(23)24)25-16-8-6-15(7-9-16)21-13-14-4-2-1-3-5-14/h2*1-12,21H,13,20H2. The van der Waals surface area contributed by atoms with Gasteiger partial charge in [-0.15, -0.1) is 0 Å². The van der Waals surface area contributed by atoms with Gasteiger partial charge in [-0.25, -0.2) is 0 Å². The fourth-order valence-electron chi connectivity index (χ4n) is 4.68. The molecule has 6 aromatic rings. The first-order valence-corrected chi connectivity index (χ1v) is 15.4. The molecule has 0 heterocycles. The lowest BCUT2D eigenvalue weighted by molar-refractivity contribution is -0.384.